The van der Waals surface area contributed by atoms with Gasteiger partial charge in [-0.25, -0.2) is 0 Å². The van der Waals surface area contributed by atoms with Crippen molar-refractivity contribution in [3.05, 3.63) is 12.4 Å². The van der Waals surface area contributed by atoms with Crippen molar-refractivity contribution in [1.82, 2.24) is 15.1 Å². The quantitative estimate of drug-likeness (QED) is 0.560. The summed E-state index contributed by atoms with van der Waals surface area (Å²) in [6.07, 6.45) is 6.54. The summed E-state index contributed by atoms with van der Waals surface area (Å²) in [5, 5.41) is 7.61. The van der Waals surface area contributed by atoms with E-state index in [1.54, 1.807) is 0 Å². The Morgan fingerprint density at radius 2 is 2.25 bits per heavy atom. The third-order valence-electron chi connectivity index (χ3n) is 2.25. The number of rotatable bonds is 8. The zero-order chi connectivity index (χ0) is 11.8. The molecule has 0 saturated carbocycles. The van der Waals surface area contributed by atoms with E-state index in [9.17, 15) is 0 Å². The van der Waals surface area contributed by atoms with Gasteiger partial charge in [-0.05, 0) is 37.6 Å². The van der Waals surface area contributed by atoms with Crippen LogP contribution in [0.25, 0.3) is 0 Å². The highest BCUT2D eigenvalue weighted by Gasteiger charge is 1.97. The van der Waals surface area contributed by atoms with Crippen LogP contribution in [0.3, 0.4) is 0 Å². The van der Waals surface area contributed by atoms with Crippen molar-refractivity contribution in [2.45, 2.75) is 31.6 Å². The molecule has 1 rings (SSSR count). The molecule has 0 saturated heterocycles. The lowest BCUT2D eigenvalue weighted by Crippen LogP contribution is -2.20. The predicted octanol–water partition coefficient (Wildman–Crippen LogP) is 2.54. The zero-order valence-electron chi connectivity index (χ0n) is 10.6. The first kappa shape index (κ1) is 13.6. The van der Waals surface area contributed by atoms with Crippen molar-refractivity contribution in [2.75, 3.05) is 18.8 Å². The predicted molar refractivity (Wildman–Crippen MR) is 70.9 cm³/mol. The minimum absolute atomic E-state index is 0.754. The van der Waals surface area contributed by atoms with E-state index in [2.05, 4.69) is 30.5 Å². The number of nitrogens with zero attached hydrogens (tertiary/aromatic N) is 2. The molecule has 0 aromatic carbocycles. The van der Waals surface area contributed by atoms with Gasteiger partial charge in [0.05, 0.1) is 6.20 Å². The molecule has 92 valence electrons. The van der Waals surface area contributed by atoms with Crippen molar-refractivity contribution >= 4 is 11.8 Å². The van der Waals surface area contributed by atoms with Gasteiger partial charge in [0.2, 0.25) is 0 Å². The van der Waals surface area contributed by atoms with Crippen LogP contribution in [-0.2, 0) is 7.05 Å². The highest BCUT2D eigenvalue weighted by atomic mass is 32.2. The number of hydrogen-bond donors (Lipinski definition) is 1. The Bertz CT molecular complexity index is 284. The summed E-state index contributed by atoms with van der Waals surface area (Å²) in [5.41, 5.74) is 0. The Labute approximate surface area is 103 Å². The second-order valence-corrected chi connectivity index (χ2v) is 5.67. The molecule has 0 unspecified atom stereocenters. The summed E-state index contributed by atoms with van der Waals surface area (Å²) in [4.78, 5) is 1.28. The molecule has 0 aliphatic carbocycles. The fourth-order valence-corrected chi connectivity index (χ4v) is 2.34. The van der Waals surface area contributed by atoms with E-state index in [1.807, 2.05) is 29.7 Å². The van der Waals surface area contributed by atoms with Crippen molar-refractivity contribution < 1.29 is 0 Å². The van der Waals surface area contributed by atoms with Crippen molar-refractivity contribution in [3.8, 4) is 0 Å². The third kappa shape index (κ3) is 6.18. The maximum absolute atomic E-state index is 4.15. The Morgan fingerprint density at radius 1 is 1.44 bits per heavy atom. The number of aryl methyl sites for hydroxylation is 1. The topological polar surface area (TPSA) is 29.9 Å². The molecule has 0 aliphatic heterocycles. The van der Waals surface area contributed by atoms with Gasteiger partial charge in [0.1, 0.15) is 0 Å². The summed E-state index contributed by atoms with van der Waals surface area (Å²) < 4.78 is 1.85. The van der Waals surface area contributed by atoms with E-state index >= 15 is 0 Å². The Morgan fingerprint density at radius 3 is 2.88 bits per heavy atom. The van der Waals surface area contributed by atoms with E-state index in [0.29, 0.717) is 0 Å². The monoisotopic (exact) mass is 241 g/mol. The van der Waals surface area contributed by atoms with Gasteiger partial charge >= 0.3 is 0 Å². The van der Waals surface area contributed by atoms with E-state index in [-0.39, 0.29) is 0 Å². The molecule has 1 aromatic heterocycles. The second-order valence-electron chi connectivity index (χ2n) is 4.50. The molecule has 3 nitrogen and oxygen atoms in total. The third-order valence-corrected chi connectivity index (χ3v) is 3.29. The fourth-order valence-electron chi connectivity index (χ4n) is 1.41. The first-order chi connectivity index (χ1) is 7.68. The first-order valence-electron chi connectivity index (χ1n) is 6.00. The summed E-state index contributed by atoms with van der Waals surface area (Å²) in [7, 11) is 1.96. The average molecular weight is 241 g/mol. The van der Waals surface area contributed by atoms with Crippen LogP contribution in [0.5, 0.6) is 0 Å². The van der Waals surface area contributed by atoms with Crippen molar-refractivity contribution in [2.24, 2.45) is 13.0 Å². The molecule has 1 heterocycles. The number of nitrogens with one attached hydrogen (secondary N) is 1. The summed E-state index contributed by atoms with van der Waals surface area (Å²) in [6, 6.07) is 0. The Kier molecular flexibility index (Phi) is 6.57. The van der Waals surface area contributed by atoms with E-state index in [1.165, 1.54) is 23.5 Å². The minimum Gasteiger partial charge on any atom is -0.316 e. The smallest absolute Gasteiger partial charge is 0.0625 e. The lowest BCUT2D eigenvalue weighted by Gasteiger charge is -2.06. The molecule has 16 heavy (non-hydrogen) atoms. The van der Waals surface area contributed by atoms with Crippen molar-refractivity contribution in [3.63, 3.8) is 0 Å². The molecule has 0 radical (unpaired) electrons. The van der Waals surface area contributed by atoms with Crippen LogP contribution in [0.2, 0.25) is 0 Å². The van der Waals surface area contributed by atoms with Gasteiger partial charge in [-0.2, -0.15) is 5.10 Å². The summed E-state index contributed by atoms with van der Waals surface area (Å²) in [6.45, 7) is 6.76. The number of hydrogen-bond acceptors (Lipinski definition) is 3. The lowest BCUT2D eigenvalue weighted by atomic mass is 10.2. The molecule has 1 aromatic rings. The van der Waals surface area contributed by atoms with Crippen LogP contribution in [0.4, 0.5) is 0 Å². The summed E-state index contributed by atoms with van der Waals surface area (Å²) in [5.74, 6) is 1.94. The normalized spacial score (nSPS) is 11.2. The molecular formula is C12H23N3S. The molecule has 1 N–H and O–H groups in total. The fraction of sp³-hybridized carbons (Fsp3) is 0.750. The SMILES string of the molecule is CC(C)CNCCCCSc1cnn(C)c1. The number of unbranched alkanes of at least 4 members (excludes halogenated alkanes) is 1. The molecule has 0 amide bonds. The lowest BCUT2D eigenvalue weighted by molar-refractivity contribution is 0.541. The molecule has 4 heteroatoms. The number of thioether (sulfide) groups is 1. The summed E-state index contributed by atoms with van der Waals surface area (Å²) >= 11 is 1.89. The van der Waals surface area contributed by atoms with E-state index < -0.39 is 0 Å². The largest absolute Gasteiger partial charge is 0.316 e. The van der Waals surface area contributed by atoms with Crippen LogP contribution in [-0.4, -0.2) is 28.6 Å². The molecule has 0 atom stereocenters. The zero-order valence-corrected chi connectivity index (χ0v) is 11.4. The van der Waals surface area contributed by atoms with Gasteiger partial charge in [0, 0.05) is 18.1 Å². The van der Waals surface area contributed by atoms with Crippen LogP contribution >= 0.6 is 11.8 Å². The maximum Gasteiger partial charge on any atom is 0.0625 e. The molecule has 0 fully saturated rings. The maximum atomic E-state index is 4.15. The average Bonchev–Trinajstić information content (AvgIpc) is 2.62. The van der Waals surface area contributed by atoms with E-state index in [0.717, 1.165) is 19.0 Å². The molecular weight excluding hydrogens is 218 g/mol. The van der Waals surface area contributed by atoms with Crippen LogP contribution < -0.4 is 5.32 Å². The molecule has 0 aliphatic rings. The van der Waals surface area contributed by atoms with E-state index in [4.69, 9.17) is 0 Å². The van der Waals surface area contributed by atoms with Crippen LogP contribution in [0.15, 0.2) is 17.3 Å². The molecule has 0 bridgehead atoms. The van der Waals surface area contributed by atoms with Gasteiger partial charge in [-0.15, -0.1) is 11.8 Å². The van der Waals surface area contributed by atoms with Gasteiger partial charge in [0.15, 0.2) is 0 Å². The highest BCUT2D eigenvalue weighted by molar-refractivity contribution is 7.99. The Hall–Kier alpha value is -0.480. The van der Waals surface area contributed by atoms with Gasteiger partial charge in [-0.3, -0.25) is 4.68 Å². The van der Waals surface area contributed by atoms with Crippen molar-refractivity contribution in [1.29, 1.82) is 0 Å². The van der Waals surface area contributed by atoms with Gasteiger partial charge < -0.3 is 5.32 Å². The molecule has 0 spiro atoms. The standard InChI is InChI=1S/C12H23N3S/c1-11(2)8-13-6-4-5-7-16-12-9-14-15(3)10-12/h9-11,13H,4-8H2,1-3H3. The van der Waals surface area contributed by atoms with Gasteiger partial charge in [-0.1, -0.05) is 13.8 Å². The van der Waals surface area contributed by atoms with Crippen LogP contribution in [0.1, 0.15) is 26.7 Å². The Balaban J connectivity index is 1.92. The first-order valence-corrected chi connectivity index (χ1v) is 6.99. The second kappa shape index (κ2) is 7.74. The minimum atomic E-state index is 0.754. The highest BCUT2D eigenvalue weighted by Crippen LogP contribution is 2.17. The van der Waals surface area contributed by atoms with Crippen LogP contribution in [0, 0.1) is 5.92 Å². The van der Waals surface area contributed by atoms with Gasteiger partial charge in [0.25, 0.3) is 0 Å². The number of aromatic nitrogens is 2.